The molecule has 1 saturated heterocycles. The number of hydrogen-bond donors (Lipinski definition) is 0. The zero-order valence-electron chi connectivity index (χ0n) is 10.3. The monoisotopic (exact) mass is 299 g/mol. The van der Waals surface area contributed by atoms with Crippen LogP contribution in [0.25, 0.3) is 0 Å². The van der Waals surface area contributed by atoms with Crippen LogP contribution in [0.3, 0.4) is 0 Å². The lowest BCUT2D eigenvalue weighted by atomic mass is 10.1. The molecule has 4 nitrogen and oxygen atoms in total. The Morgan fingerprint density at radius 3 is 3.00 bits per heavy atom. The summed E-state index contributed by atoms with van der Waals surface area (Å²) in [4.78, 5) is 11.5. The molecule has 1 aromatic heterocycles. The highest BCUT2D eigenvalue weighted by molar-refractivity contribution is 9.09. The van der Waals surface area contributed by atoms with E-state index >= 15 is 0 Å². The highest BCUT2D eigenvalue weighted by Gasteiger charge is 2.19. The zero-order chi connectivity index (χ0) is 12.3. The van der Waals surface area contributed by atoms with Crippen molar-refractivity contribution in [3.05, 3.63) is 12.4 Å². The number of piperidine rings is 1. The Labute approximate surface area is 111 Å². The van der Waals surface area contributed by atoms with Crippen LogP contribution >= 0.6 is 15.9 Å². The molecule has 5 heteroatoms. The topological polar surface area (TPSA) is 38.2 Å². The first-order valence-corrected chi connectivity index (χ1v) is 6.94. The molecule has 1 aliphatic rings. The molecular weight excluding hydrogens is 282 g/mol. The van der Waals surface area contributed by atoms with Crippen molar-refractivity contribution in [1.29, 1.82) is 0 Å². The normalized spacial score (nSPS) is 20.7. The van der Waals surface area contributed by atoms with Gasteiger partial charge in [-0.3, -0.25) is 4.98 Å². The summed E-state index contributed by atoms with van der Waals surface area (Å²) in [6.45, 7) is 6.01. The molecule has 1 fully saturated rings. The molecule has 17 heavy (non-hydrogen) atoms. The molecule has 2 rings (SSSR count). The van der Waals surface area contributed by atoms with Gasteiger partial charge in [0.05, 0.1) is 18.5 Å². The third kappa shape index (κ3) is 3.56. The average Bonchev–Trinajstić information content (AvgIpc) is 2.28. The maximum Gasteiger partial charge on any atom is 0.234 e. The van der Waals surface area contributed by atoms with Crippen LogP contribution in [-0.2, 0) is 0 Å². The highest BCUT2D eigenvalue weighted by atomic mass is 79.9. The van der Waals surface area contributed by atoms with E-state index in [0.717, 1.165) is 18.9 Å². The molecule has 2 heterocycles. The summed E-state index contributed by atoms with van der Waals surface area (Å²) >= 11 is 3.66. The van der Waals surface area contributed by atoms with Gasteiger partial charge in [-0.15, -0.1) is 0 Å². The maximum absolute atomic E-state index is 5.56. The first-order valence-electron chi connectivity index (χ1n) is 6.03. The number of rotatable bonds is 3. The van der Waals surface area contributed by atoms with Crippen molar-refractivity contribution in [2.45, 2.75) is 37.6 Å². The Balaban J connectivity index is 2.09. The van der Waals surface area contributed by atoms with Gasteiger partial charge in [0.2, 0.25) is 5.88 Å². The van der Waals surface area contributed by atoms with E-state index in [1.807, 2.05) is 13.8 Å². The van der Waals surface area contributed by atoms with Crippen LogP contribution in [0.5, 0.6) is 5.88 Å². The van der Waals surface area contributed by atoms with Crippen LogP contribution in [0.2, 0.25) is 0 Å². The van der Waals surface area contributed by atoms with Crippen molar-refractivity contribution < 1.29 is 4.74 Å². The van der Waals surface area contributed by atoms with E-state index in [0.29, 0.717) is 10.7 Å². The smallest absolute Gasteiger partial charge is 0.234 e. The van der Waals surface area contributed by atoms with E-state index in [4.69, 9.17) is 4.74 Å². The van der Waals surface area contributed by atoms with Crippen molar-refractivity contribution in [1.82, 2.24) is 9.97 Å². The second kappa shape index (κ2) is 5.67. The van der Waals surface area contributed by atoms with Crippen LogP contribution < -0.4 is 9.64 Å². The largest absolute Gasteiger partial charge is 0.474 e. The summed E-state index contributed by atoms with van der Waals surface area (Å²) in [5.41, 5.74) is 0. The van der Waals surface area contributed by atoms with Gasteiger partial charge in [-0.1, -0.05) is 15.9 Å². The Kier molecular flexibility index (Phi) is 4.20. The molecule has 0 saturated carbocycles. The van der Waals surface area contributed by atoms with E-state index in [-0.39, 0.29) is 6.10 Å². The second-order valence-corrected chi connectivity index (χ2v) is 5.86. The Morgan fingerprint density at radius 2 is 2.29 bits per heavy atom. The van der Waals surface area contributed by atoms with Gasteiger partial charge in [0, 0.05) is 17.9 Å². The third-order valence-corrected chi connectivity index (χ3v) is 3.39. The molecule has 1 unspecified atom stereocenters. The minimum Gasteiger partial charge on any atom is -0.474 e. The van der Waals surface area contributed by atoms with Gasteiger partial charge in [-0.2, -0.15) is 4.98 Å². The van der Waals surface area contributed by atoms with Crippen LogP contribution in [0.4, 0.5) is 5.82 Å². The van der Waals surface area contributed by atoms with E-state index in [2.05, 4.69) is 30.8 Å². The fourth-order valence-electron chi connectivity index (χ4n) is 1.92. The van der Waals surface area contributed by atoms with E-state index in [9.17, 15) is 0 Å². The molecule has 1 atom stereocenters. The standard InChI is InChI=1S/C12H18BrN3O/c1-9(2)17-12-7-14-6-11(15-12)16-5-3-4-10(13)8-16/h6-7,9-10H,3-5,8H2,1-2H3. The van der Waals surface area contributed by atoms with E-state index in [1.165, 1.54) is 12.8 Å². The lowest BCUT2D eigenvalue weighted by molar-refractivity contribution is 0.231. The first kappa shape index (κ1) is 12.6. The SMILES string of the molecule is CC(C)Oc1cncc(N2CCCC(Br)C2)n1. The number of aromatic nitrogens is 2. The van der Waals surface area contributed by atoms with Crippen LogP contribution in [0.1, 0.15) is 26.7 Å². The summed E-state index contributed by atoms with van der Waals surface area (Å²) < 4.78 is 5.56. The van der Waals surface area contributed by atoms with Gasteiger partial charge < -0.3 is 9.64 Å². The highest BCUT2D eigenvalue weighted by Crippen LogP contribution is 2.22. The predicted octanol–water partition coefficient (Wildman–Crippen LogP) is 2.63. The summed E-state index contributed by atoms with van der Waals surface area (Å²) in [7, 11) is 0. The average molecular weight is 300 g/mol. The van der Waals surface area contributed by atoms with Crippen molar-refractivity contribution in [2.75, 3.05) is 18.0 Å². The van der Waals surface area contributed by atoms with Gasteiger partial charge in [0.25, 0.3) is 0 Å². The molecule has 0 aromatic carbocycles. The summed E-state index contributed by atoms with van der Waals surface area (Å²) in [5.74, 6) is 1.52. The van der Waals surface area contributed by atoms with Gasteiger partial charge in [0.1, 0.15) is 0 Å². The Morgan fingerprint density at radius 1 is 1.47 bits per heavy atom. The zero-order valence-corrected chi connectivity index (χ0v) is 11.9. The molecule has 0 radical (unpaired) electrons. The quantitative estimate of drug-likeness (QED) is 0.804. The number of ether oxygens (including phenoxy) is 1. The molecule has 0 amide bonds. The van der Waals surface area contributed by atoms with Crippen LogP contribution in [0, 0.1) is 0 Å². The molecule has 1 aliphatic heterocycles. The van der Waals surface area contributed by atoms with E-state index < -0.39 is 0 Å². The summed E-state index contributed by atoms with van der Waals surface area (Å²) in [5, 5.41) is 0. The molecule has 0 N–H and O–H groups in total. The lowest BCUT2D eigenvalue weighted by Gasteiger charge is -2.30. The van der Waals surface area contributed by atoms with E-state index in [1.54, 1.807) is 12.4 Å². The number of halogens is 1. The molecule has 0 bridgehead atoms. The maximum atomic E-state index is 5.56. The molecule has 0 aliphatic carbocycles. The number of nitrogens with zero attached hydrogens (tertiary/aromatic N) is 3. The van der Waals surface area contributed by atoms with Gasteiger partial charge in [-0.05, 0) is 26.7 Å². The van der Waals surface area contributed by atoms with Crippen molar-refractivity contribution in [3.63, 3.8) is 0 Å². The fourth-order valence-corrected chi connectivity index (χ4v) is 2.60. The van der Waals surface area contributed by atoms with Gasteiger partial charge in [0.15, 0.2) is 5.82 Å². The third-order valence-electron chi connectivity index (χ3n) is 2.64. The first-order chi connectivity index (χ1) is 8.15. The van der Waals surface area contributed by atoms with Crippen molar-refractivity contribution in [2.24, 2.45) is 0 Å². The molecular formula is C12H18BrN3O. The van der Waals surface area contributed by atoms with Crippen molar-refractivity contribution in [3.8, 4) is 5.88 Å². The van der Waals surface area contributed by atoms with Crippen molar-refractivity contribution >= 4 is 21.7 Å². The summed E-state index contributed by atoms with van der Waals surface area (Å²) in [6, 6.07) is 0. The fraction of sp³-hybridized carbons (Fsp3) is 0.667. The number of hydrogen-bond acceptors (Lipinski definition) is 4. The van der Waals surface area contributed by atoms with Crippen LogP contribution in [0.15, 0.2) is 12.4 Å². The van der Waals surface area contributed by atoms with Gasteiger partial charge >= 0.3 is 0 Å². The number of anilines is 1. The minimum atomic E-state index is 0.129. The Hall–Kier alpha value is -0.840. The molecule has 0 spiro atoms. The van der Waals surface area contributed by atoms with Crippen LogP contribution in [-0.4, -0.2) is 34.0 Å². The summed E-state index contributed by atoms with van der Waals surface area (Å²) in [6.07, 6.45) is 6.01. The molecule has 1 aromatic rings. The molecule has 94 valence electrons. The lowest BCUT2D eigenvalue weighted by Crippen LogP contribution is -2.36. The number of alkyl halides is 1. The predicted molar refractivity (Wildman–Crippen MR) is 72.0 cm³/mol. The Bertz CT molecular complexity index is 373. The minimum absolute atomic E-state index is 0.129. The van der Waals surface area contributed by atoms with Gasteiger partial charge in [-0.25, -0.2) is 0 Å². The second-order valence-electron chi connectivity index (χ2n) is 4.57.